The molecule has 4 heteroatoms. The van der Waals surface area contributed by atoms with E-state index in [0.717, 1.165) is 22.2 Å². The second-order valence-electron chi connectivity index (χ2n) is 6.61. The van der Waals surface area contributed by atoms with Crippen LogP contribution in [0.3, 0.4) is 0 Å². The van der Waals surface area contributed by atoms with E-state index in [0.29, 0.717) is 22.4 Å². The summed E-state index contributed by atoms with van der Waals surface area (Å²) >= 11 is 0. The third-order valence-electron chi connectivity index (χ3n) is 4.92. The normalized spacial score (nSPS) is 14.8. The zero-order chi connectivity index (χ0) is 17.1. The summed E-state index contributed by atoms with van der Waals surface area (Å²) in [4.78, 5) is 16.5. The summed E-state index contributed by atoms with van der Waals surface area (Å²) in [5.41, 5.74) is 4.31. The minimum Gasteiger partial charge on any atom is -0.497 e. The van der Waals surface area contributed by atoms with Crippen molar-refractivity contribution in [1.82, 2.24) is 4.98 Å². The summed E-state index contributed by atoms with van der Waals surface area (Å²) in [5, 5.41) is 9.97. The Bertz CT molecular complexity index is 1050. The van der Waals surface area contributed by atoms with E-state index in [9.17, 15) is 4.79 Å². The highest BCUT2D eigenvalue weighted by molar-refractivity contribution is 6.20. The summed E-state index contributed by atoms with van der Waals surface area (Å²) in [6.07, 6.45) is 0. The quantitative estimate of drug-likeness (QED) is 0.740. The molecule has 0 fully saturated rings. The minimum atomic E-state index is -0.337. The summed E-state index contributed by atoms with van der Waals surface area (Å²) in [7, 11) is 1.60. The number of nitriles is 1. The number of carbonyl (C=O) groups excluding carboxylic acids is 1. The van der Waals surface area contributed by atoms with Gasteiger partial charge in [-0.05, 0) is 29.8 Å². The van der Waals surface area contributed by atoms with Gasteiger partial charge in [0.25, 0.3) is 0 Å². The van der Waals surface area contributed by atoms with Crippen LogP contribution in [0, 0.1) is 11.3 Å². The second kappa shape index (κ2) is 4.72. The van der Waals surface area contributed by atoms with Crippen molar-refractivity contribution in [2.24, 2.45) is 0 Å². The van der Waals surface area contributed by atoms with Crippen LogP contribution in [0.25, 0.3) is 10.9 Å². The molecule has 0 amide bonds. The van der Waals surface area contributed by atoms with E-state index in [1.807, 2.05) is 24.3 Å². The van der Waals surface area contributed by atoms with Gasteiger partial charge in [-0.3, -0.25) is 4.79 Å². The fourth-order valence-corrected chi connectivity index (χ4v) is 3.62. The van der Waals surface area contributed by atoms with E-state index in [1.165, 1.54) is 0 Å². The van der Waals surface area contributed by atoms with Crippen molar-refractivity contribution in [3.05, 3.63) is 64.3 Å². The van der Waals surface area contributed by atoms with Crippen molar-refractivity contribution in [2.45, 2.75) is 19.3 Å². The van der Waals surface area contributed by atoms with Gasteiger partial charge in [-0.25, -0.2) is 0 Å². The zero-order valence-electron chi connectivity index (χ0n) is 13.7. The minimum absolute atomic E-state index is 0.00539. The van der Waals surface area contributed by atoms with Gasteiger partial charge in [-0.15, -0.1) is 0 Å². The van der Waals surface area contributed by atoms with Crippen LogP contribution in [0.15, 0.2) is 36.4 Å². The topological polar surface area (TPSA) is 65.9 Å². The van der Waals surface area contributed by atoms with Crippen LogP contribution in [0.4, 0.5) is 0 Å². The predicted molar refractivity (Wildman–Crippen MR) is 91.6 cm³/mol. The van der Waals surface area contributed by atoms with Crippen molar-refractivity contribution in [1.29, 1.82) is 5.26 Å². The molecule has 4 rings (SSSR count). The summed E-state index contributed by atoms with van der Waals surface area (Å²) in [5.74, 6) is 0.669. The first kappa shape index (κ1) is 14.5. The van der Waals surface area contributed by atoms with Crippen molar-refractivity contribution < 1.29 is 9.53 Å². The fraction of sp³-hybridized carbons (Fsp3) is 0.200. The lowest BCUT2D eigenvalue weighted by molar-refractivity contribution is 0.103. The highest BCUT2D eigenvalue weighted by atomic mass is 16.5. The van der Waals surface area contributed by atoms with Gasteiger partial charge in [0, 0.05) is 27.6 Å². The number of aromatic nitrogens is 1. The van der Waals surface area contributed by atoms with E-state index >= 15 is 0 Å². The molecular formula is C20H16N2O2. The van der Waals surface area contributed by atoms with Crippen LogP contribution in [-0.4, -0.2) is 17.9 Å². The first-order chi connectivity index (χ1) is 11.5. The SMILES string of the molecule is COc1ccc2c(c1)C(=O)c1c([nH]c3cc(C#N)ccc13)C2(C)C. The number of benzene rings is 2. The Morgan fingerprint density at radius 1 is 1.17 bits per heavy atom. The van der Waals surface area contributed by atoms with E-state index < -0.39 is 0 Å². The number of carbonyl (C=O) groups is 1. The van der Waals surface area contributed by atoms with Crippen molar-refractivity contribution in [3.8, 4) is 11.8 Å². The Kier molecular flexibility index (Phi) is 2.86. The lowest BCUT2D eigenvalue weighted by Gasteiger charge is -2.32. The van der Waals surface area contributed by atoms with Crippen LogP contribution in [-0.2, 0) is 5.41 Å². The fourth-order valence-electron chi connectivity index (χ4n) is 3.62. The van der Waals surface area contributed by atoms with Gasteiger partial charge in [0.15, 0.2) is 5.78 Å². The average Bonchev–Trinajstić information content (AvgIpc) is 2.99. The van der Waals surface area contributed by atoms with Gasteiger partial charge in [-0.2, -0.15) is 5.26 Å². The molecule has 0 unspecified atom stereocenters. The van der Waals surface area contributed by atoms with E-state index in [2.05, 4.69) is 24.9 Å². The summed E-state index contributed by atoms with van der Waals surface area (Å²) in [6, 6.07) is 13.2. The molecule has 0 bridgehead atoms. The standard InChI is InChI=1S/C20H16N2O2/c1-20(2)15-7-5-12(24-3)9-14(15)18(23)17-13-6-4-11(10-21)8-16(13)22-19(17)20/h4-9,22H,1-3H3. The molecule has 3 aromatic rings. The number of hydrogen-bond acceptors (Lipinski definition) is 3. The molecule has 1 aromatic heterocycles. The Labute approximate surface area is 139 Å². The third-order valence-corrected chi connectivity index (χ3v) is 4.92. The predicted octanol–water partition coefficient (Wildman–Crippen LogP) is 3.92. The number of nitrogens with one attached hydrogen (secondary N) is 1. The Hall–Kier alpha value is -3.06. The molecule has 0 atom stereocenters. The number of methoxy groups -OCH3 is 1. The van der Waals surface area contributed by atoms with Crippen molar-refractivity contribution in [2.75, 3.05) is 7.11 Å². The zero-order valence-corrected chi connectivity index (χ0v) is 13.7. The highest BCUT2D eigenvalue weighted by Gasteiger charge is 2.39. The van der Waals surface area contributed by atoms with E-state index in [-0.39, 0.29) is 11.2 Å². The number of rotatable bonds is 1. The monoisotopic (exact) mass is 316 g/mol. The van der Waals surface area contributed by atoms with Gasteiger partial charge in [0.1, 0.15) is 5.75 Å². The van der Waals surface area contributed by atoms with Gasteiger partial charge < -0.3 is 9.72 Å². The van der Waals surface area contributed by atoms with Crippen molar-refractivity contribution >= 4 is 16.7 Å². The molecule has 2 aromatic carbocycles. The van der Waals surface area contributed by atoms with Crippen LogP contribution >= 0.6 is 0 Å². The number of hydrogen-bond donors (Lipinski definition) is 1. The number of aromatic amines is 1. The molecule has 0 aliphatic heterocycles. The first-order valence-electron chi connectivity index (χ1n) is 7.77. The maximum absolute atomic E-state index is 13.2. The van der Waals surface area contributed by atoms with Gasteiger partial charge in [0.2, 0.25) is 0 Å². The van der Waals surface area contributed by atoms with Crippen LogP contribution in [0.2, 0.25) is 0 Å². The molecule has 118 valence electrons. The van der Waals surface area contributed by atoms with Crippen LogP contribution in [0.1, 0.15) is 46.6 Å². The van der Waals surface area contributed by atoms with E-state index in [1.54, 1.807) is 19.2 Å². The first-order valence-corrected chi connectivity index (χ1v) is 7.77. The summed E-state index contributed by atoms with van der Waals surface area (Å²) < 4.78 is 5.29. The van der Waals surface area contributed by atoms with E-state index in [4.69, 9.17) is 10.00 Å². The highest BCUT2D eigenvalue weighted by Crippen LogP contribution is 2.44. The number of fused-ring (bicyclic) bond motifs is 4. The van der Waals surface area contributed by atoms with Crippen LogP contribution in [0.5, 0.6) is 5.75 Å². The van der Waals surface area contributed by atoms with Gasteiger partial charge in [-0.1, -0.05) is 26.0 Å². The van der Waals surface area contributed by atoms with Gasteiger partial charge in [0.05, 0.1) is 24.3 Å². The molecule has 0 saturated carbocycles. The molecule has 0 radical (unpaired) electrons. The molecule has 4 nitrogen and oxygen atoms in total. The molecule has 1 aliphatic carbocycles. The molecule has 1 heterocycles. The lowest BCUT2D eigenvalue weighted by Crippen LogP contribution is -2.30. The number of ether oxygens (including phenoxy) is 1. The second-order valence-corrected chi connectivity index (χ2v) is 6.61. The van der Waals surface area contributed by atoms with Gasteiger partial charge >= 0.3 is 0 Å². The molecule has 0 spiro atoms. The Morgan fingerprint density at radius 3 is 2.67 bits per heavy atom. The maximum Gasteiger partial charge on any atom is 0.195 e. The van der Waals surface area contributed by atoms with Crippen LogP contribution < -0.4 is 4.74 Å². The molecule has 1 aliphatic rings. The largest absolute Gasteiger partial charge is 0.497 e. The smallest absolute Gasteiger partial charge is 0.195 e. The number of nitrogens with zero attached hydrogens (tertiary/aromatic N) is 1. The molecule has 1 N–H and O–H groups in total. The Morgan fingerprint density at radius 2 is 1.96 bits per heavy atom. The molecule has 0 saturated heterocycles. The Balaban J connectivity index is 2.06. The third kappa shape index (κ3) is 1.75. The summed E-state index contributed by atoms with van der Waals surface area (Å²) in [6.45, 7) is 4.20. The lowest BCUT2D eigenvalue weighted by atomic mass is 9.71. The number of ketones is 1. The maximum atomic E-state index is 13.2. The molecular weight excluding hydrogens is 300 g/mol. The number of H-pyrrole nitrogens is 1. The van der Waals surface area contributed by atoms with Crippen molar-refractivity contribution in [3.63, 3.8) is 0 Å². The average molecular weight is 316 g/mol. The molecule has 24 heavy (non-hydrogen) atoms.